The van der Waals surface area contributed by atoms with Crippen molar-refractivity contribution in [3.63, 3.8) is 0 Å². The van der Waals surface area contributed by atoms with Gasteiger partial charge in [0.1, 0.15) is 17.9 Å². The van der Waals surface area contributed by atoms with Gasteiger partial charge in [0.2, 0.25) is 0 Å². The molecule has 7 heteroatoms. The van der Waals surface area contributed by atoms with Crippen molar-refractivity contribution in [1.82, 2.24) is 5.32 Å². The van der Waals surface area contributed by atoms with E-state index in [9.17, 15) is 19.8 Å². The number of amides is 1. The summed E-state index contributed by atoms with van der Waals surface area (Å²) in [5.74, 6) is -1.13. The maximum atomic E-state index is 12.1. The lowest BCUT2D eigenvalue weighted by Crippen LogP contribution is -2.54. The molecular weight excluding hydrogens is 348 g/mol. The first-order chi connectivity index (χ1) is 12.5. The van der Waals surface area contributed by atoms with Gasteiger partial charge >= 0.3 is 12.1 Å². The van der Waals surface area contributed by atoms with Gasteiger partial charge in [-0.15, -0.1) is 0 Å². The van der Waals surface area contributed by atoms with E-state index < -0.39 is 17.6 Å². The maximum Gasteiger partial charge on any atom is 0.408 e. The summed E-state index contributed by atoms with van der Waals surface area (Å²) < 4.78 is 5.15. The molecule has 0 heterocycles. The number of aromatic hydroxyl groups is 1. The van der Waals surface area contributed by atoms with Gasteiger partial charge < -0.3 is 26.0 Å². The Hall–Kier alpha value is -3.22. The Balaban J connectivity index is 2.82. The summed E-state index contributed by atoms with van der Waals surface area (Å²) in [4.78, 5) is 23.8. The van der Waals surface area contributed by atoms with Gasteiger partial charge in [0.05, 0.1) is 0 Å². The molecule has 1 rings (SSSR count). The number of carboxylic acid groups (broad SMARTS) is 1. The summed E-state index contributed by atoms with van der Waals surface area (Å²) >= 11 is 0. The fourth-order valence-corrected chi connectivity index (χ4v) is 2.34. The van der Waals surface area contributed by atoms with Crippen molar-refractivity contribution in [3.8, 4) is 5.75 Å². The molecule has 1 amide bonds. The summed E-state index contributed by atoms with van der Waals surface area (Å²) in [6, 6.07) is 6.08. The van der Waals surface area contributed by atoms with Crippen LogP contribution in [0.25, 0.3) is 0 Å². The summed E-state index contributed by atoms with van der Waals surface area (Å²) in [6.45, 7) is 8.56. The highest BCUT2D eigenvalue weighted by molar-refractivity contribution is 5.84. The molecule has 0 saturated heterocycles. The molecule has 146 valence electrons. The normalized spacial score (nSPS) is 14.2. The van der Waals surface area contributed by atoms with Crippen LogP contribution < -0.4 is 11.1 Å². The quantitative estimate of drug-likeness (QED) is 0.519. The van der Waals surface area contributed by atoms with E-state index in [1.807, 2.05) is 0 Å². The highest BCUT2D eigenvalue weighted by Gasteiger charge is 2.35. The Morgan fingerprint density at radius 1 is 1.26 bits per heavy atom. The van der Waals surface area contributed by atoms with E-state index >= 15 is 0 Å². The van der Waals surface area contributed by atoms with Crippen molar-refractivity contribution in [2.75, 3.05) is 6.61 Å². The van der Waals surface area contributed by atoms with Crippen LogP contribution in [0.15, 0.2) is 59.8 Å². The van der Waals surface area contributed by atoms with E-state index in [0.29, 0.717) is 16.8 Å². The number of ether oxygens (including phenoxy) is 1. The van der Waals surface area contributed by atoms with Gasteiger partial charge in [-0.05, 0) is 50.1 Å². The van der Waals surface area contributed by atoms with Crippen molar-refractivity contribution in [2.45, 2.75) is 32.7 Å². The summed E-state index contributed by atoms with van der Waals surface area (Å²) in [5.41, 5.74) is 6.64. The van der Waals surface area contributed by atoms with Crippen molar-refractivity contribution < 1.29 is 24.5 Å². The number of nitrogens with two attached hydrogens (primary N) is 1. The molecule has 1 atom stereocenters. The van der Waals surface area contributed by atoms with Crippen LogP contribution in [-0.2, 0) is 16.0 Å². The van der Waals surface area contributed by atoms with E-state index in [0.717, 1.165) is 5.57 Å². The standard InChI is InChI=1S/C20H26N2O5/c1-13(2)9-16(10-14(3)21)12-27-19(26)22-20(4,18(24)25)11-15-5-7-17(23)8-6-15/h5-10,23H,1,11-12,21H2,2-4H3,(H,22,26)(H,24,25)/b14-10-,16-9+/t20-/m0/s1. The third-order valence-electron chi connectivity index (χ3n) is 3.56. The molecule has 0 aromatic heterocycles. The SMILES string of the molecule is C=C(C)/C=C(\C=C(\C)N)COC(=O)N[C@@](C)(Cc1ccc(O)cc1)C(=O)O. The maximum absolute atomic E-state index is 12.1. The fraction of sp³-hybridized carbons (Fsp3) is 0.300. The number of nitrogens with one attached hydrogen (secondary N) is 1. The number of benzene rings is 1. The van der Waals surface area contributed by atoms with Gasteiger partial charge in [-0.25, -0.2) is 9.59 Å². The van der Waals surface area contributed by atoms with E-state index in [1.54, 1.807) is 38.1 Å². The number of rotatable bonds is 8. The second-order valence-corrected chi connectivity index (χ2v) is 6.64. The van der Waals surface area contributed by atoms with Crippen LogP contribution in [0.4, 0.5) is 4.79 Å². The average Bonchev–Trinajstić information content (AvgIpc) is 2.53. The Morgan fingerprint density at radius 2 is 1.85 bits per heavy atom. The van der Waals surface area contributed by atoms with Crippen LogP contribution >= 0.6 is 0 Å². The molecule has 5 N–H and O–H groups in total. The Labute approximate surface area is 158 Å². The van der Waals surface area contributed by atoms with E-state index in [2.05, 4.69) is 11.9 Å². The van der Waals surface area contributed by atoms with Gasteiger partial charge in [-0.2, -0.15) is 0 Å². The average molecular weight is 374 g/mol. The van der Waals surface area contributed by atoms with Crippen molar-refractivity contribution in [1.29, 1.82) is 0 Å². The fourth-order valence-electron chi connectivity index (χ4n) is 2.34. The van der Waals surface area contributed by atoms with Gasteiger partial charge in [0, 0.05) is 12.1 Å². The zero-order chi connectivity index (χ0) is 20.6. The van der Waals surface area contributed by atoms with Crippen LogP contribution in [0.2, 0.25) is 0 Å². The minimum absolute atomic E-state index is 0.0218. The Morgan fingerprint density at radius 3 is 2.33 bits per heavy atom. The number of phenolic OH excluding ortho intramolecular Hbond substituents is 1. The minimum Gasteiger partial charge on any atom is -0.508 e. The smallest absolute Gasteiger partial charge is 0.408 e. The Kier molecular flexibility index (Phi) is 7.65. The number of carbonyl (C=O) groups is 2. The first kappa shape index (κ1) is 21.8. The van der Waals surface area contributed by atoms with Crippen molar-refractivity contribution in [2.24, 2.45) is 5.73 Å². The zero-order valence-corrected chi connectivity index (χ0v) is 15.8. The van der Waals surface area contributed by atoms with Gasteiger partial charge in [-0.3, -0.25) is 0 Å². The number of phenols is 1. The van der Waals surface area contributed by atoms with Gasteiger partial charge in [-0.1, -0.05) is 30.4 Å². The molecule has 0 aliphatic carbocycles. The predicted octanol–water partition coefficient (Wildman–Crippen LogP) is 2.87. The summed E-state index contributed by atoms with van der Waals surface area (Å²) in [6.07, 6.45) is 2.52. The third-order valence-corrected chi connectivity index (χ3v) is 3.56. The van der Waals surface area contributed by atoms with Crippen molar-refractivity contribution in [3.05, 3.63) is 65.4 Å². The minimum atomic E-state index is -1.58. The van der Waals surface area contributed by atoms with Crippen LogP contribution in [0.5, 0.6) is 5.75 Å². The Bertz CT molecular complexity index is 761. The highest BCUT2D eigenvalue weighted by Crippen LogP contribution is 2.17. The zero-order valence-electron chi connectivity index (χ0n) is 15.8. The number of hydrogen-bond donors (Lipinski definition) is 4. The molecule has 7 nitrogen and oxygen atoms in total. The highest BCUT2D eigenvalue weighted by atomic mass is 16.5. The second kappa shape index (κ2) is 9.47. The molecular formula is C20H26N2O5. The van der Waals surface area contributed by atoms with E-state index in [4.69, 9.17) is 10.5 Å². The number of carbonyl (C=O) groups excluding carboxylic acids is 1. The molecule has 0 bridgehead atoms. The molecule has 1 aromatic carbocycles. The molecule has 0 aliphatic rings. The summed E-state index contributed by atoms with van der Waals surface area (Å²) in [7, 11) is 0. The number of carboxylic acids is 1. The monoisotopic (exact) mass is 374 g/mol. The van der Waals surface area contributed by atoms with Crippen LogP contribution in [-0.4, -0.2) is 34.4 Å². The molecule has 0 spiro atoms. The first-order valence-electron chi connectivity index (χ1n) is 8.28. The van der Waals surface area contributed by atoms with Crippen LogP contribution in [0.3, 0.4) is 0 Å². The lowest BCUT2D eigenvalue weighted by atomic mass is 9.93. The second-order valence-electron chi connectivity index (χ2n) is 6.64. The predicted molar refractivity (Wildman–Crippen MR) is 103 cm³/mol. The number of alkyl carbamates (subject to hydrolysis) is 1. The van der Waals surface area contributed by atoms with Crippen molar-refractivity contribution >= 4 is 12.1 Å². The topological polar surface area (TPSA) is 122 Å². The molecule has 0 fully saturated rings. The summed E-state index contributed by atoms with van der Waals surface area (Å²) in [5, 5.41) is 21.3. The van der Waals surface area contributed by atoms with Gasteiger partial charge in [0.25, 0.3) is 0 Å². The first-order valence-corrected chi connectivity index (χ1v) is 8.28. The molecule has 1 aromatic rings. The lowest BCUT2D eigenvalue weighted by Gasteiger charge is -2.26. The molecule has 0 radical (unpaired) electrons. The number of allylic oxidation sites excluding steroid dienone is 3. The molecule has 0 saturated carbocycles. The van der Waals surface area contributed by atoms with Crippen LogP contribution in [0.1, 0.15) is 26.3 Å². The largest absolute Gasteiger partial charge is 0.508 e. The van der Waals surface area contributed by atoms with Crippen LogP contribution in [0, 0.1) is 0 Å². The molecule has 0 unspecified atom stereocenters. The van der Waals surface area contributed by atoms with E-state index in [1.165, 1.54) is 19.1 Å². The number of aliphatic carboxylic acids is 1. The molecule has 0 aliphatic heterocycles. The lowest BCUT2D eigenvalue weighted by molar-refractivity contribution is -0.143. The van der Waals surface area contributed by atoms with E-state index in [-0.39, 0.29) is 18.8 Å². The third kappa shape index (κ3) is 7.68. The number of hydrogen-bond acceptors (Lipinski definition) is 5. The van der Waals surface area contributed by atoms with Gasteiger partial charge in [0.15, 0.2) is 0 Å². The molecule has 27 heavy (non-hydrogen) atoms.